The van der Waals surface area contributed by atoms with Crippen molar-refractivity contribution in [3.63, 3.8) is 0 Å². The van der Waals surface area contributed by atoms with Gasteiger partial charge >= 0.3 is 0 Å². The second-order valence-corrected chi connectivity index (χ2v) is 6.34. The summed E-state index contributed by atoms with van der Waals surface area (Å²) in [6, 6.07) is 0.215. The van der Waals surface area contributed by atoms with Crippen molar-refractivity contribution < 1.29 is 4.79 Å². The maximum absolute atomic E-state index is 11.9. The standard InChI is InChI=1S/C13H21N3OS/c1-8-12(18-9(2)16-8)5-6-15-13(17)10-3-4-11(14)7-10/h10-11H,3-7,14H2,1-2H3,(H,15,17). The van der Waals surface area contributed by atoms with Gasteiger partial charge in [-0.05, 0) is 33.1 Å². The molecule has 0 bridgehead atoms. The molecule has 1 amide bonds. The molecule has 1 aromatic rings. The molecule has 2 unspecified atom stereocenters. The summed E-state index contributed by atoms with van der Waals surface area (Å²) in [5.41, 5.74) is 6.91. The molecule has 18 heavy (non-hydrogen) atoms. The molecular weight excluding hydrogens is 246 g/mol. The first-order valence-electron chi connectivity index (χ1n) is 6.52. The Morgan fingerprint density at radius 3 is 2.83 bits per heavy atom. The Bertz CT molecular complexity index is 430. The highest BCUT2D eigenvalue weighted by Crippen LogP contribution is 2.24. The van der Waals surface area contributed by atoms with Gasteiger partial charge in [-0.25, -0.2) is 4.98 Å². The maximum Gasteiger partial charge on any atom is 0.223 e. The zero-order chi connectivity index (χ0) is 13.1. The van der Waals surface area contributed by atoms with Crippen LogP contribution in [-0.4, -0.2) is 23.5 Å². The van der Waals surface area contributed by atoms with Crippen LogP contribution in [0, 0.1) is 19.8 Å². The van der Waals surface area contributed by atoms with Crippen LogP contribution >= 0.6 is 11.3 Å². The summed E-state index contributed by atoms with van der Waals surface area (Å²) < 4.78 is 0. The molecule has 4 nitrogen and oxygen atoms in total. The Balaban J connectivity index is 1.75. The number of carbonyl (C=O) groups excluding carboxylic acids is 1. The van der Waals surface area contributed by atoms with Crippen molar-refractivity contribution in [1.82, 2.24) is 10.3 Å². The molecule has 1 aliphatic rings. The highest BCUT2D eigenvalue weighted by atomic mass is 32.1. The second kappa shape index (κ2) is 5.80. The number of nitrogens with two attached hydrogens (primary N) is 1. The van der Waals surface area contributed by atoms with E-state index < -0.39 is 0 Å². The highest BCUT2D eigenvalue weighted by molar-refractivity contribution is 7.11. The fourth-order valence-corrected chi connectivity index (χ4v) is 3.44. The van der Waals surface area contributed by atoms with Crippen LogP contribution in [0.2, 0.25) is 0 Å². The first-order valence-corrected chi connectivity index (χ1v) is 7.34. The fraction of sp³-hybridized carbons (Fsp3) is 0.692. The molecule has 1 aliphatic carbocycles. The van der Waals surface area contributed by atoms with Gasteiger partial charge in [0.2, 0.25) is 5.91 Å². The van der Waals surface area contributed by atoms with Crippen molar-refractivity contribution in [2.24, 2.45) is 11.7 Å². The number of thiazole rings is 1. The number of aryl methyl sites for hydroxylation is 2. The van der Waals surface area contributed by atoms with Gasteiger partial charge in [0.15, 0.2) is 0 Å². The molecule has 1 fully saturated rings. The molecule has 0 radical (unpaired) electrons. The molecule has 1 heterocycles. The summed E-state index contributed by atoms with van der Waals surface area (Å²) in [6.07, 6.45) is 3.63. The Morgan fingerprint density at radius 1 is 1.50 bits per heavy atom. The van der Waals surface area contributed by atoms with E-state index in [-0.39, 0.29) is 17.9 Å². The average molecular weight is 267 g/mol. The first-order chi connectivity index (χ1) is 8.56. The number of nitrogens with one attached hydrogen (secondary N) is 1. The lowest BCUT2D eigenvalue weighted by atomic mass is 10.1. The van der Waals surface area contributed by atoms with Crippen LogP contribution in [0.4, 0.5) is 0 Å². The molecule has 3 N–H and O–H groups in total. The van der Waals surface area contributed by atoms with Crippen molar-refractivity contribution >= 4 is 17.2 Å². The Kier molecular flexibility index (Phi) is 4.35. The summed E-state index contributed by atoms with van der Waals surface area (Å²) in [7, 11) is 0. The average Bonchev–Trinajstić information content (AvgIpc) is 2.86. The van der Waals surface area contributed by atoms with Gasteiger partial charge in [-0.2, -0.15) is 0 Å². The first kappa shape index (κ1) is 13.5. The lowest BCUT2D eigenvalue weighted by Crippen LogP contribution is -2.31. The molecule has 2 atom stereocenters. The minimum Gasteiger partial charge on any atom is -0.355 e. The Hall–Kier alpha value is -0.940. The number of amides is 1. The highest BCUT2D eigenvalue weighted by Gasteiger charge is 2.27. The van der Waals surface area contributed by atoms with Crippen molar-refractivity contribution in [2.75, 3.05) is 6.54 Å². The van der Waals surface area contributed by atoms with Crippen molar-refractivity contribution in [3.8, 4) is 0 Å². The summed E-state index contributed by atoms with van der Waals surface area (Å²) in [4.78, 5) is 17.6. The predicted molar refractivity (Wildman–Crippen MR) is 73.6 cm³/mol. The van der Waals surface area contributed by atoms with E-state index in [9.17, 15) is 4.79 Å². The van der Waals surface area contributed by atoms with Gasteiger partial charge in [-0.1, -0.05) is 0 Å². The molecule has 5 heteroatoms. The third-order valence-corrected chi connectivity index (χ3v) is 4.63. The fourth-order valence-electron chi connectivity index (χ4n) is 2.50. The lowest BCUT2D eigenvalue weighted by molar-refractivity contribution is -0.124. The number of hydrogen-bond donors (Lipinski definition) is 2. The van der Waals surface area contributed by atoms with E-state index in [0.717, 1.165) is 36.4 Å². The smallest absolute Gasteiger partial charge is 0.223 e. The summed E-state index contributed by atoms with van der Waals surface area (Å²) >= 11 is 1.72. The van der Waals surface area contributed by atoms with Crippen molar-refractivity contribution in [2.45, 2.75) is 45.6 Å². The van der Waals surface area contributed by atoms with E-state index in [0.29, 0.717) is 6.54 Å². The number of hydrogen-bond acceptors (Lipinski definition) is 4. The van der Waals surface area contributed by atoms with Crippen LogP contribution in [0.1, 0.15) is 34.8 Å². The van der Waals surface area contributed by atoms with Gasteiger partial charge in [0.05, 0.1) is 10.7 Å². The van der Waals surface area contributed by atoms with E-state index >= 15 is 0 Å². The third-order valence-electron chi connectivity index (χ3n) is 3.49. The molecule has 0 saturated heterocycles. The van der Waals surface area contributed by atoms with Crippen LogP contribution in [0.5, 0.6) is 0 Å². The van der Waals surface area contributed by atoms with Crippen LogP contribution in [0.15, 0.2) is 0 Å². The second-order valence-electron chi connectivity index (χ2n) is 5.05. The number of rotatable bonds is 4. The molecule has 0 spiro atoms. The van der Waals surface area contributed by atoms with E-state index in [1.807, 2.05) is 13.8 Å². The maximum atomic E-state index is 11.9. The van der Waals surface area contributed by atoms with Gasteiger partial charge in [0, 0.05) is 29.8 Å². The zero-order valence-corrected chi connectivity index (χ0v) is 11.8. The molecule has 1 aromatic heterocycles. The van der Waals surface area contributed by atoms with E-state index in [1.165, 1.54) is 4.88 Å². The van der Waals surface area contributed by atoms with E-state index in [1.54, 1.807) is 11.3 Å². The lowest BCUT2D eigenvalue weighted by Gasteiger charge is -2.10. The zero-order valence-electron chi connectivity index (χ0n) is 11.0. The third kappa shape index (κ3) is 3.29. The minimum absolute atomic E-state index is 0.129. The number of aromatic nitrogens is 1. The Labute approximate surface area is 112 Å². The van der Waals surface area contributed by atoms with Crippen LogP contribution in [-0.2, 0) is 11.2 Å². The van der Waals surface area contributed by atoms with Gasteiger partial charge in [-0.3, -0.25) is 4.79 Å². The molecule has 0 aromatic carbocycles. The van der Waals surface area contributed by atoms with Crippen LogP contribution < -0.4 is 11.1 Å². The van der Waals surface area contributed by atoms with Crippen molar-refractivity contribution in [3.05, 3.63) is 15.6 Å². The topological polar surface area (TPSA) is 68.0 Å². The number of nitrogens with zero attached hydrogens (tertiary/aromatic N) is 1. The normalized spacial score (nSPS) is 23.3. The largest absolute Gasteiger partial charge is 0.355 e. The number of carbonyl (C=O) groups is 1. The van der Waals surface area contributed by atoms with Gasteiger partial charge in [0.25, 0.3) is 0 Å². The van der Waals surface area contributed by atoms with Crippen LogP contribution in [0.25, 0.3) is 0 Å². The van der Waals surface area contributed by atoms with Crippen molar-refractivity contribution in [1.29, 1.82) is 0 Å². The molecule has 100 valence electrons. The summed E-state index contributed by atoms with van der Waals surface area (Å²) in [6.45, 7) is 4.74. The van der Waals surface area contributed by atoms with E-state index in [2.05, 4.69) is 10.3 Å². The van der Waals surface area contributed by atoms with E-state index in [4.69, 9.17) is 5.73 Å². The van der Waals surface area contributed by atoms with Gasteiger partial charge in [0.1, 0.15) is 0 Å². The summed E-state index contributed by atoms with van der Waals surface area (Å²) in [5.74, 6) is 0.297. The quantitative estimate of drug-likeness (QED) is 0.869. The van der Waals surface area contributed by atoms with Gasteiger partial charge < -0.3 is 11.1 Å². The predicted octanol–water partition coefficient (Wildman–Crippen LogP) is 1.55. The van der Waals surface area contributed by atoms with Crippen LogP contribution in [0.3, 0.4) is 0 Å². The molecule has 0 aliphatic heterocycles. The SMILES string of the molecule is Cc1nc(C)c(CCNC(=O)C2CCC(N)C2)s1. The monoisotopic (exact) mass is 267 g/mol. The minimum atomic E-state index is 0.129. The molecule has 1 saturated carbocycles. The molecule has 2 rings (SSSR count). The van der Waals surface area contributed by atoms with Gasteiger partial charge in [-0.15, -0.1) is 11.3 Å². The Morgan fingerprint density at radius 2 is 2.28 bits per heavy atom. The summed E-state index contributed by atoms with van der Waals surface area (Å²) in [5, 5.41) is 4.11. The molecular formula is C13H21N3OS.